The van der Waals surface area contributed by atoms with Gasteiger partial charge in [0.25, 0.3) is 0 Å². The number of urea groups is 1. The molecule has 3 amide bonds. The van der Waals surface area contributed by atoms with E-state index in [9.17, 15) is 9.59 Å². The minimum atomic E-state index is -0.394. The lowest BCUT2D eigenvalue weighted by Crippen LogP contribution is -2.45. The van der Waals surface area contributed by atoms with Crippen molar-refractivity contribution in [2.24, 2.45) is 5.92 Å². The van der Waals surface area contributed by atoms with Crippen LogP contribution in [0.4, 0.5) is 4.79 Å². The van der Waals surface area contributed by atoms with E-state index in [-0.39, 0.29) is 24.2 Å². The van der Waals surface area contributed by atoms with Gasteiger partial charge >= 0.3 is 6.03 Å². The summed E-state index contributed by atoms with van der Waals surface area (Å²) in [6.45, 7) is 2.22. The van der Waals surface area contributed by atoms with Gasteiger partial charge in [-0.25, -0.2) is 4.79 Å². The lowest BCUT2D eigenvalue weighted by molar-refractivity contribution is -0.119. The molecule has 0 aromatic carbocycles. The van der Waals surface area contributed by atoms with E-state index in [1.54, 1.807) is 0 Å². The third kappa shape index (κ3) is 4.84. The highest BCUT2D eigenvalue weighted by Gasteiger charge is 2.20. The van der Waals surface area contributed by atoms with E-state index >= 15 is 0 Å². The van der Waals surface area contributed by atoms with Crippen LogP contribution in [0.25, 0.3) is 0 Å². The molecule has 0 aromatic rings. The first-order valence-electron chi connectivity index (χ1n) is 5.78. The average Bonchev–Trinajstić information content (AvgIpc) is 2.21. The SMILES string of the molecule is CC1CCC(NC(=O)NC(=O)CCCl)CC1. The Morgan fingerprint density at radius 3 is 2.44 bits per heavy atom. The predicted molar refractivity (Wildman–Crippen MR) is 63.4 cm³/mol. The van der Waals surface area contributed by atoms with E-state index < -0.39 is 6.03 Å². The van der Waals surface area contributed by atoms with Gasteiger partial charge in [0.05, 0.1) is 0 Å². The molecule has 0 heterocycles. The van der Waals surface area contributed by atoms with Gasteiger partial charge in [0, 0.05) is 18.3 Å². The summed E-state index contributed by atoms with van der Waals surface area (Å²) in [5.74, 6) is 0.663. The molecule has 0 atom stereocenters. The summed E-state index contributed by atoms with van der Waals surface area (Å²) < 4.78 is 0. The average molecular weight is 247 g/mol. The van der Waals surface area contributed by atoms with Crippen LogP contribution in [0.2, 0.25) is 0 Å². The van der Waals surface area contributed by atoms with Crippen LogP contribution in [0, 0.1) is 5.92 Å². The topological polar surface area (TPSA) is 58.2 Å². The number of imide groups is 1. The van der Waals surface area contributed by atoms with Gasteiger partial charge in [-0.3, -0.25) is 10.1 Å². The van der Waals surface area contributed by atoms with Gasteiger partial charge in [0.15, 0.2) is 0 Å². The van der Waals surface area contributed by atoms with Gasteiger partial charge in [-0.1, -0.05) is 6.92 Å². The summed E-state index contributed by atoms with van der Waals surface area (Å²) in [4.78, 5) is 22.5. The first-order chi connectivity index (χ1) is 7.61. The van der Waals surface area contributed by atoms with Crippen molar-refractivity contribution in [1.29, 1.82) is 0 Å². The fourth-order valence-electron chi connectivity index (χ4n) is 1.90. The quantitative estimate of drug-likeness (QED) is 0.749. The molecule has 1 aliphatic rings. The number of amides is 3. The Bertz CT molecular complexity index is 250. The molecule has 4 nitrogen and oxygen atoms in total. The van der Waals surface area contributed by atoms with E-state index in [4.69, 9.17) is 11.6 Å². The molecule has 1 rings (SSSR count). The molecule has 1 aliphatic carbocycles. The minimum Gasteiger partial charge on any atom is -0.335 e. The Kier molecular flexibility index (Phi) is 5.60. The summed E-state index contributed by atoms with van der Waals surface area (Å²) in [5.41, 5.74) is 0. The molecule has 0 spiro atoms. The van der Waals surface area contributed by atoms with Crippen LogP contribution in [0.3, 0.4) is 0 Å². The van der Waals surface area contributed by atoms with Crippen molar-refractivity contribution in [3.05, 3.63) is 0 Å². The van der Waals surface area contributed by atoms with Crippen molar-refractivity contribution < 1.29 is 9.59 Å². The highest BCUT2D eigenvalue weighted by molar-refractivity contribution is 6.19. The van der Waals surface area contributed by atoms with Crippen molar-refractivity contribution in [3.8, 4) is 0 Å². The van der Waals surface area contributed by atoms with E-state index in [0.717, 1.165) is 31.6 Å². The minimum absolute atomic E-state index is 0.177. The maximum Gasteiger partial charge on any atom is 0.321 e. The number of halogens is 1. The number of rotatable bonds is 3. The normalized spacial score (nSPS) is 24.9. The molecule has 16 heavy (non-hydrogen) atoms. The first-order valence-corrected chi connectivity index (χ1v) is 6.31. The van der Waals surface area contributed by atoms with E-state index in [2.05, 4.69) is 17.6 Å². The molecule has 0 saturated heterocycles. The molecule has 0 bridgehead atoms. The largest absolute Gasteiger partial charge is 0.335 e. The molecule has 1 saturated carbocycles. The zero-order valence-electron chi connectivity index (χ0n) is 9.59. The summed E-state index contributed by atoms with van der Waals surface area (Å²) in [5, 5.41) is 5.08. The monoisotopic (exact) mass is 246 g/mol. The molecule has 0 aliphatic heterocycles. The highest BCUT2D eigenvalue weighted by atomic mass is 35.5. The van der Waals surface area contributed by atoms with Gasteiger partial charge in [-0.15, -0.1) is 11.6 Å². The van der Waals surface area contributed by atoms with Crippen LogP contribution in [-0.4, -0.2) is 23.9 Å². The second-order valence-corrected chi connectivity index (χ2v) is 4.80. The maximum atomic E-state index is 11.4. The molecular formula is C11H19ClN2O2. The van der Waals surface area contributed by atoms with Gasteiger partial charge in [0.1, 0.15) is 0 Å². The summed E-state index contributed by atoms with van der Waals surface area (Å²) in [6, 6.07) is -0.185. The molecule has 2 N–H and O–H groups in total. The Morgan fingerprint density at radius 1 is 1.25 bits per heavy atom. The van der Waals surface area contributed by atoms with Crippen molar-refractivity contribution >= 4 is 23.5 Å². The van der Waals surface area contributed by atoms with E-state index in [1.165, 1.54) is 0 Å². The lowest BCUT2D eigenvalue weighted by Gasteiger charge is -2.26. The molecule has 1 fully saturated rings. The third-order valence-corrected chi connectivity index (χ3v) is 3.11. The standard InChI is InChI=1S/C11H19ClN2O2/c1-8-2-4-9(5-3-8)13-11(16)14-10(15)6-7-12/h8-9H,2-7H2,1H3,(H2,13,14,15,16). The molecule has 0 aromatic heterocycles. The van der Waals surface area contributed by atoms with Crippen LogP contribution in [0.15, 0.2) is 0 Å². The van der Waals surface area contributed by atoms with Crippen molar-refractivity contribution in [2.45, 2.75) is 45.1 Å². The van der Waals surface area contributed by atoms with E-state index in [0.29, 0.717) is 0 Å². The molecule has 0 unspecified atom stereocenters. The van der Waals surface area contributed by atoms with Crippen molar-refractivity contribution in [1.82, 2.24) is 10.6 Å². The fourth-order valence-corrected chi connectivity index (χ4v) is 2.07. The maximum absolute atomic E-state index is 11.4. The zero-order chi connectivity index (χ0) is 12.0. The number of hydrogen-bond acceptors (Lipinski definition) is 2. The second kappa shape index (κ2) is 6.74. The van der Waals surface area contributed by atoms with Crippen LogP contribution >= 0.6 is 11.6 Å². The smallest absolute Gasteiger partial charge is 0.321 e. The van der Waals surface area contributed by atoms with Crippen LogP contribution in [0.1, 0.15) is 39.0 Å². The Balaban J connectivity index is 2.21. The van der Waals surface area contributed by atoms with E-state index in [1.807, 2.05) is 0 Å². The zero-order valence-corrected chi connectivity index (χ0v) is 10.3. The summed E-state index contributed by atoms with van der Waals surface area (Å²) in [7, 11) is 0. The number of carbonyl (C=O) groups excluding carboxylic acids is 2. The van der Waals surface area contributed by atoms with Gasteiger partial charge < -0.3 is 5.32 Å². The summed E-state index contributed by atoms with van der Waals surface area (Å²) in [6.07, 6.45) is 4.45. The van der Waals surface area contributed by atoms with Gasteiger partial charge in [-0.05, 0) is 31.6 Å². The number of alkyl halides is 1. The molecular weight excluding hydrogens is 228 g/mol. The lowest BCUT2D eigenvalue weighted by atomic mass is 9.87. The fraction of sp³-hybridized carbons (Fsp3) is 0.818. The van der Waals surface area contributed by atoms with Crippen molar-refractivity contribution in [2.75, 3.05) is 5.88 Å². The Hall–Kier alpha value is -0.770. The second-order valence-electron chi connectivity index (χ2n) is 4.42. The van der Waals surface area contributed by atoms with Crippen LogP contribution < -0.4 is 10.6 Å². The first kappa shape index (κ1) is 13.3. The summed E-state index contributed by atoms with van der Waals surface area (Å²) >= 11 is 5.40. The molecule has 5 heteroatoms. The molecule has 0 radical (unpaired) electrons. The van der Waals surface area contributed by atoms with Gasteiger partial charge in [0.2, 0.25) is 5.91 Å². The third-order valence-electron chi connectivity index (χ3n) is 2.93. The Labute approximate surface area is 101 Å². The van der Waals surface area contributed by atoms with Gasteiger partial charge in [-0.2, -0.15) is 0 Å². The number of hydrogen-bond donors (Lipinski definition) is 2. The Morgan fingerprint density at radius 2 is 1.88 bits per heavy atom. The number of carbonyl (C=O) groups is 2. The van der Waals surface area contributed by atoms with Crippen LogP contribution in [0.5, 0.6) is 0 Å². The highest BCUT2D eigenvalue weighted by Crippen LogP contribution is 2.23. The molecule has 92 valence electrons. The van der Waals surface area contributed by atoms with Crippen LogP contribution in [-0.2, 0) is 4.79 Å². The van der Waals surface area contributed by atoms with Crippen molar-refractivity contribution in [3.63, 3.8) is 0 Å². The number of nitrogens with one attached hydrogen (secondary N) is 2. The predicted octanol–water partition coefficient (Wildman–Crippen LogP) is 2.02.